The van der Waals surface area contributed by atoms with Gasteiger partial charge in [-0.3, -0.25) is 14.4 Å². The van der Waals surface area contributed by atoms with E-state index in [1.807, 2.05) is 0 Å². The van der Waals surface area contributed by atoms with Gasteiger partial charge in [0.15, 0.2) is 0 Å². The van der Waals surface area contributed by atoms with Crippen LogP contribution in [-0.2, 0) is 28.4 Å². The molecule has 4 rings (SSSR count). The van der Waals surface area contributed by atoms with Crippen molar-refractivity contribution in [2.75, 3.05) is 20.6 Å². The average molecular weight is 744 g/mol. The summed E-state index contributed by atoms with van der Waals surface area (Å²) in [5.41, 5.74) is -4.96. The number of halogens is 8. The van der Waals surface area contributed by atoms with E-state index in [2.05, 4.69) is 5.32 Å². The van der Waals surface area contributed by atoms with Gasteiger partial charge in [0.25, 0.3) is 5.56 Å². The quantitative estimate of drug-likeness (QED) is 0.172. The molecule has 1 fully saturated rings. The Hall–Kier alpha value is -4.27. The van der Waals surface area contributed by atoms with Gasteiger partial charge in [0, 0.05) is 29.9 Å². The van der Waals surface area contributed by atoms with Gasteiger partial charge < -0.3 is 19.9 Å². The number of nitrogens with zero attached hydrogens (tertiary/aromatic N) is 2. The Kier molecular flexibility index (Phi) is 12.0. The first kappa shape index (κ1) is 40.5. The van der Waals surface area contributed by atoms with Crippen LogP contribution in [0.1, 0.15) is 96.5 Å². The highest BCUT2D eigenvalue weighted by Gasteiger charge is 2.41. The number of likely N-dealkylation sites (N-methyl/N-ethyl adjacent to an activating group) is 1. The summed E-state index contributed by atoms with van der Waals surface area (Å²) < 4.78 is 118. The number of carbonyl (C=O) groups is 2. The maximum absolute atomic E-state index is 16.6. The van der Waals surface area contributed by atoms with Crippen molar-refractivity contribution < 1.29 is 49.8 Å². The monoisotopic (exact) mass is 743 g/mol. The number of aromatic nitrogens is 1. The van der Waals surface area contributed by atoms with Crippen LogP contribution in [0.5, 0.6) is 0 Å². The molecule has 1 saturated carbocycles. The molecule has 2 N–H and O–H groups in total. The van der Waals surface area contributed by atoms with Crippen molar-refractivity contribution >= 4 is 11.9 Å². The fourth-order valence-corrected chi connectivity index (χ4v) is 6.53. The fraction of sp³-hybridized carbons (Fsp3) is 0.486. The zero-order valence-electron chi connectivity index (χ0n) is 29.5. The predicted molar refractivity (Wildman–Crippen MR) is 178 cm³/mol. The SMILES string of the molecule is Cc1cc(C2CC2)cc(C)c1-c1cc(C(F)(F)F)c(F)c(C(CC(=O)O)NC(=O)C(CC(C)C)n2cc(CCN(C)C)c(C(F)(F)F)cc2=O)c1F. The number of amides is 1. The largest absolute Gasteiger partial charge is 0.481 e. The molecule has 1 aromatic heterocycles. The van der Waals surface area contributed by atoms with Crippen molar-refractivity contribution in [1.29, 1.82) is 0 Å². The molecule has 1 heterocycles. The standard InChI is InChI=1S/C37H41F8N3O4/c1-18(2)11-28(48-17-22(9-10-47(5)6)25(15-29(48)49)36(40,41)42)35(52)46-27(16-30(50)51)32-33(38)24(14-26(34(32)39)37(43,44)45)31-19(3)12-23(13-20(31)4)21-7-8-21/h12-15,17-18,21,27-28H,7-11,16H2,1-6H3,(H,46,52)(H,50,51). The van der Waals surface area contributed by atoms with Gasteiger partial charge in [-0.15, -0.1) is 0 Å². The minimum absolute atomic E-state index is 0.0355. The maximum atomic E-state index is 16.6. The number of alkyl halides is 6. The van der Waals surface area contributed by atoms with Gasteiger partial charge in [-0.05, 0) is 99.3 Å². The van der Waals surface area contributed by atoms with Crippen molar-refractivity contribution in [2.24, 2.45) is 5.92 Å². The Morgan fingerprint density at radius 2 is 1.52 bits per heavy atom. The van der Waals surface area contributed by atoms with Crippen LogP contribution in [0.4, 0.5) is 35.1 Å². The van der Waals surface area contributed by atoms with E-state index in [1.54, 1.807) is 58.8 Å². The molecule has 0 bridgehead atoms. The van der Waals surface area contributed by atoms with Crippen molar-refractivity contribution in [3.8, 4) is 11.1 Å². The Labute approximate surface area is 295 Å². The molecule has 1 amide bonds. The summed E-state index contributed by atoms with van der Waals surface area (Å²) in [6.07, 6.45) is -9.28. The van der Waals surface area contributed by atoms with Gasteiger partial charge in [-0.25, -0.2) is 8.78 Å². The van der Waals surface area contributed by atoms with Crippen molar-refractivity contribution in [2.45, 2.75) is 90.2 Å². The molecule has 0 spiro atoms. The van der Waals surface area contributed by atoms with Gasteiger partial charge in [0.1, 0.15) is 17.7 Å². The van der Waals surface area contributed by atoms with Crippen LogP contribution in [0.3, 0.4) is 0 Å². The molecule has 0 aliphatic heterocycles. The fourth-order valence-electron chi connectivity index (χ4n) is 6.53. The third-order valence-corrected chi connectivity index (χ3v) is 9.09. The highest BCUT2D eigenvalue weighted by Crippen LogP contribution is 2.45. The molecule has 2 aromatic carbocycles. The molecule has 284 valence electrons. The van der Waals surface area contributed by atoms with Crippen LogP contribution in [0.25, 0.3) is 11.1 Å². The van der Waals surface area contributed by atoms with Gasteiger partial charge in [-0.1, -0.05) is 26.0 Å². The Bertz CT molecular complexity index is 1870. The molecule has 15 heteroatoms. The Morgan fingerprint density at radius 1 is 0.942 bits per heavy atom. The van der Waals surface area contributed by atoms with E-state index in [0.717, 1.165) is 29.2 Å². The van der Waals surface area contributed by atoms with E-state index < -0.39 is 88.1 Å². The number of benzene rings is 2. The first-order valence-electron chi connectivity index (χ1n) is 16.7. The topological polar surface area (TPSA) is 91.6 Å². The normalized spacial score (nSPS) is 14.9. The molecule has 2 unspecified atom stereocenters. The summed E-state index contributed by atoms with van der Waals surface area (Å²) in [4.78, 5) is 40.8. The second kappa shape index (κ2) is 15.4. The molecule has 2 atom stereocenters. The lowest BCUT2D eigenvalue weighted by molar-refractivity contribution is -0.140. The number of hydrogen-bond donors (Lipinski definition) is 2. The molecule has 1 aliphatic carbocycles. The zero-order valence-corrected chi connectivity index (χ0v) is 29.5. The van der Waals surface area contributed by atoms with Crippen molar-refractivity contribution in [1.82, 2.24) is 14.8 Å². The predicted octanol–water partition coefficient (Wildman–Crippen LogP) is 8.35. The summed E-state index contributed by atoms with van der Waals surface area (Å²) in [6.45, 7) is 6.49. The first-order chi connectivity index (χ1) is 24.0. The maximum Gasteiger partial charge on any atom is 0.419 e. The van der Waals surface area contributed by atoms with Crippen LogP contribution in [0.15, 0.2) is 35.3 Å². The lowest BCUT2D eigenvalue weighted by atomic mass is 9.87. The number of rotatable bonds is 13. The van der Waals surface area contributed by atoms with Crippen LogP contribution in [-0.4, -0.2) is 47.1 Å². The lowest BCUT2D eigenvalue weighted by Gasteiger charge is -2.27. The number of carboxylic acids is 1. The summed E-state index contributed by atoms with van der Waals surface area (Å²) in [5, 5.41) is 11.9. The number of pyridine rings is 1. The summed E-state index contributed by atoms with van der Waals surface area (Å²) in [6, 6.07) is 0.191. The van der Waals surface area contributed by atoms with Crippen LogP contribution < -0.4 is 10.9 Å². The molecular weight excluding hydrogens is 702 g/mol. The van der Waals surface area contributed by atoms with E-state index in [1.165, 1.54) is 0 Å². The Morgan fingerprint density at radius 3 is 2.00 bits per heavy atom. The Balaban J connectivity index is 1.90. The van der Waals surface area contributed by atoms with Gasteiger partial charge in [0.05, 0.1) is 23.6 Å². The van der Waals surface area contributed by atoms with Crippen LogP contribution >= 0.6 is 0 Å². The van der Waals surface area contributed by atoms with Gasteiger partial charge >= 0.3 is 18.3 Å². The van der Waals surface area contributed by atoms with E-state index in [0.29, 0.717) is 23.3 Å². The minimum atomic E-state index is -5.37. The molecule has 0 saturated heterocycles. The first-order valence-corrected chi connectivity index (χ1v) is 16.7. The van der Waals surface area contributed by atoms with Crippen LogP contribution in [0.2, 0.25) is 0 Å². The van der Waals surface area contributed by atoms with E-state index in [4.69, 9.17) is 0 Å². The number of carboxylic acid groups (broad SMARTS) is 1. The summed E-state index contributed by atoms with van der Waals surface area (Å²) in [7, 11) is 3.23. The van der Waals surface area contributed by atoms with Gasteiger partial charge in [0.2, 0.25) is 5.91 Å². The number of hydrogen-bond acceptors (Lipinski definition) is 4. The number of carbonyl (C=O) groups excluding carboxylic acids is 1. The molecule has 3 aromatic rings. The van der Waals surface area contributed by atoms with Gasteiger partial charge in [-0.2, -0.15) is 26.3 Å². The molecule has 7 nitrogen and oxygen atoms in total. The molecule has 1 aliphatic rings. The third kappa shape index (κ3) is 9.20. The van der Waals surface area contributed by atoms with E-state index in [-0.39, 0.29) is 36.4 Å². The number of aryl methyl sites for hydroxylation is 2. The summed E-state index contributed by atoms with van der Waals surface area (Å²) in [5.74, 6) is -6.79. The lowest BCUT2D eigenvalue weighted by Crippen LogP contribution is -2.41. The molecule has 0 radical (unpaired) electrons. The second-order valence-corrected chi connectivity index (χ2v) is 14.1. The van der Waals surface area contributed by atoms with Crippen molar-refractivity contribution in [3.63, 3.8) is 0 Å². The number of nitrogens with one attached hydrogen (secondary N) is 1. The van der Waals surface area contributed by atoms with Crippen molar-refractivity contribution in [3.05, 3.63) is 91.4 Å². The highest BCUT2D eigenvalue weighted by molar-refractivity contribution is 5.82. The van der Waals surface area contributed by atoms with E-state index >= 15 is 8.78 Å². The molecular formula is C37H41F8N3O4. The smallest absolute Gasteiger partial charge is 0.419 e. The number of aliphatic carboxylic acids is 1. The van der Waals surface area contributed by atoms with Crippen LogP contribution in [0, 0.1) is 31.4 Å². The minimum Gasteiger partial charge on any atom is -0.481 e. The summed E-state index contributed by atoms with van der Waals surface area (Å²) >= 11 is 0. The third-order valence-electron chi connectivity index (χ3n) is 9.09. The highest BCUT2D eigenvalue weighted by atomic mass is 19.4. The second-order valence-electron chi connectivity index (χ2n) is 14.1. The molecule has 52 heavy (non-hydrogen) atoms. The average Bonchev–Trinajstić information content (AvgIpc) is 3.84. The van der Waals surface area contributed by atoms with E-state index in [9.17, 15) is 45.8 Å². The zero-order chi connectivity index (χ0) is 39.0.